The molecule has 0 unspecified atom stereocenters. The molecule has 0 aromatic carbocycles. The molecule has 0 atom stereocenters. The minimum Gasteiger partial charge on any atom is -0.347 e. The number of rotatable bonds is 0. The fraction of sp³-hybridized carbons (Fsp3) is 0.917. The molecule has 3 fully saturated rings. The summed E-state index contributed by atoms with van der Waals surface area (Å²) in [5.74, 6) is -0.373. The van der Waals surface area contributed by atoms with Crippen molar-refractivity contribution in [1.29, 1.82) is 0 Å². The van der Waals surface area contributed by atoms with E-state index in [1.807, 2.05) is 9.80 Å². The lowest BCUT2D eigenvalue weighted by molar-refractivity contribution is -0.181. The Morgan fingerprint density at radius 3 is 1.94 bits per heavy atom. The van der Waals surface area contributed by atoms with Gasteiger partial charge in [0.25, 0.3) is 0 Å². The van der Waals surface area contributed by atoms with Gasteiger partial charge in [0.2, 0.25) is 0 Å². The second kappa shape index (κ2) is 5.63. The maximum Gasteiger partial charge on any atom is 0.320 e. The van der Waals surface area contributed by atoms with Gasteiger partial charge in [-0.3, -0.25) is 0 Å². The topological polar surface area (TPSA) is 42.0 Å². The van der Waals surface area contributed by atoms with Gasteiger partial charge in [0.05, 0.1) is 13.2 Å². The number of halogens is 1. The molecule has 0 aliphatic carbocycles. The first-order valence-electron chi connectivity index (χ1n) is 6.61. The van der Waals surface area contributed by atoms with E-state index in [1.165, 1.54) is 0 Å². The molecule has 0 saturated carbocycles. The first-order valence-corrected chi connectivity index (χ1v) is 6.61. The van der Waals surface area contributed by atoms with Gasteiger partial charge >= 0.3 is 6.03 Å². The highest BCUT2D eigenvalue weighted by atomic mass is 35.5. The van der Waals surface area contributed by atoms with Crippen molar-refractivity contribution in [2.24, 2.45) is 0 Å². The largest absolute Gasteiger partial charge is 0.347 e. The number of amides is 2. The Bertz CT molecular complexity index is 292. The first kappa shape index (κ1) is 13.9. The van der Waals surface area contributed by atoms with Crippen molar-refractivity contribution in [3.8, 4) is 0 Å². The van der Waals surface area contributed by atoms with Gasteiger partial charge in [-0.15, -0.1) is 12.4 Å². The van der Waals surface area contributed by atoms with Gasteiger partial charge in [-0.1, -0.05) is 0 Å². The summed E-state index contributed by atoms with van der Waals surface area (Å²) in [7, 11) is 0. The van der Waals surface area contributed by atoms with Crippen LogP contribution in [0.1, 0.15) is 25.7 Å². The molecule has 2 amide bonds. The fourth-order valence-corrected chi connectivity index (χ4v) is 2.93. The Balaban J connectivity index is 0.00000120. The van der Waals surface area contributed by atoms with E-state index in [4.69, 9.17) is 9.47 Å². The molecule has 1 spiro atoms. The lowest BCUT2D eigenvalue weighted by atomic mass is 10.0. The second-order valence-electron chi connectivity index (χ2n) is 5.07. The third kappa shape index (κ3) is 2.58. The highest BCUT2D eigenvalue weighted by Crippen LogP contribution is 2.31. The number of hydrogen-bond acceptors (Lipinski definition) is 3. The molecule has 3 aliphatic heterocycles. The SMILES string of the molecule is Cl.O=C(N1CCCC1)N1CCC2(CC1)OCCO2. The molecule has 5 nitrogen and oxygen atoms in total. The molecule has 0 aromatic heterocycles. The van der Waals surface area contributed by atoms with Crippen molar-refractivity contribution >= 4 is 18.4 Å². The number of ether oxygens (including phenoxy) is 2. The van der Waals surface area contributed by atoms with Gasteiger partial charge in [-0.2, -0.15) is 0 Å². The monoisotopic (exact) mass is 276 g/mol. The maximum absolute atomic E-state index is 12.2. The van der Waals surface area contributed by atoms with Crippen molar-refractivity contribution in [2.45, 2.75) is 31.5 Å². The number of hydrogen-bond donors (Lipinski definition) is 0. The number of nitrogens with zero attached hydrogens (tertiary/aromatic N) is 2. The lowest BCUT2D eigenvalue weighted by Gasteiger charge is -2.38. The van der Waals surface area contributed by atoms with Crippen LogP contribution in [-0.2, 0) is 9.47 Å². The predicted molar refractivity (Wildman–Crippen MR) is 68.9 cm³/mol. The summed E-state index contributed by atoms with van der Waals surface area (Å²) in [5.41, 5.74) is 0. The van der Waals surface area contributed by atoms with Crippen LogP contribution in [-0.4, -0.2) is 61.0 Å². The van der Waals surface area contributed by atoms with Gasteiger partial charge in [-0.25, -0.2) is 4.79 Å². The van der Waals surface area contributed by atoms with Crippen LogP contribution < -0.4 is 0 Å². The maximum atomic E-state index is 12.2. The summed E-state index contributed by atoms with van der Waals surface area (Å²) in [4.78, 5) is 16.1. The normalized spacial score (nSPS) is 26.4. The lowest BCUT2D eigenvalue weighted by Crippen LogP contribution is -2.50. The molecule has 3 saturated heterocycles. The van der Waals surface area contributed by atoms with E-state index in [1.54, 1.807) is 0 Å². The standard InChI is InChI=1S/C12H20N2O3.ClH/c15-11(13-5-1-2-6-13)14-7-3-12(4-8-14)16-9-10-17-12;/h1-10H2;1H. The van der Waals surface area contributed by atoms with Crippen molar-refractivity contribution < 1.29 is 14.3 Å². The Morgan fingerprint density at radius 1 is 0.889 bits per heavy atom. The highest BCUT2D eigenvalue weighted by molar-refractivity contribution is 5.85. The van der Waals surface area contributed by atoms with E-state index < -0.39 is 0 Å². The molecule has 0 bridgehead atoms. The Kier molecular flexibility index (Phi) is 4.35. The average molecular weight is 277 g/mol. The van der Waals surface area contributed by atoms with Crippen molar-refractivity contribution in [2.75, 3.05) is 39.4 Å². The summed E-state index contributed by atoms with van der Waals surface area (Å²) < 4.78 is 11.3. The first-order chi connectivity index (χ1) is 8.29. The van der Waals surface area contributed by atoms with E-state index in [9.17, 15) is 4.79 Å². The van der Waals surface area contributed by atoms with Gasteiger partial charge < -0.3 is 19.3 Å². The molecule has 6 heteroatoms. The summed E-state index contributed by atoms with van der Waals surface area (Å²) >= 11 is 0. The summed E-state index contributed by atoms with van der Waals surface area (Å²) in [6.45, 7) is 4.76. The van der Waals surface area contributed by atoms with Gasteiger partial charge in [-0.05, 0) is 12.8 Å². The van der Waals surface area contributed by atoms with Gasteiger partial charge in [0, 0.05) is 39.0 Å². The fourth-order valence-electron chi connectivity index (χ4n) is 2.93. The van der Waals surface area contributed by atoms with Crippen LogP contribution in [0.4, 0.5) is 4.79 Å². The van der Waals surface area contributed by atoms with Crippen LogP contribution in [0.5, 0.6) is 0 Å². The van der Waals surface area contributed by atoms with Crippen LogP contribution >= 0.6 is 12.4 Å². The van der Waals surface area contributed by atoms with Crippen LogP contribution in [0.15, 0.2) is 0 Å². The van der Waals surface area contributed by atoms with Crippen molar-refractivity contribution in [1.82, 2.24) is 9.80 Å². The van der Waals surface area contributed by atoms with Gasteiger partial charge in [0.1, 0.15) is 0 Å². The smallest absolute Gasteiger partial charge is 0.320 e. The van der Waals surface area contributed by atoms with Crippen LogP contribution in [0.3, 0.4) is 0 Å². The van der Waals surface area contributed by atoms with E-state index in [-0.39, 0.29) is 24.2 Å². The van der Waals surface area contributed by atoms with Crippen LogP contribution in [0.2, 0.25) is 0 Å². The molecule has 18 heavy (non-hydrogen) atoms. The third-order valence-corrected chi connectivity index (χ3v) is 3.99. The van der Waals surface area contributed by atoms with Crippen molar-refractivity contribution in [3.63, 3.8) is 0 Å². The molecule has 3 rings (SSSR count). The van der Waals surface area contributed by atoms with Gasteiger partial charge in [0.15, 0.2) is 5.79 Å². The average Bonchev–Trinajstić information content (AvgIpc) is 3.01. The van der Waals surface area contributed by atoms with Crippen molar-refractivity contribution in [3.05, 3.63) is 0 Å². The van der Waals surface area contributed by atoms with E-state index in [0.717, 1.165) is 51.9 Å². The Hall–Kier alpha value is -0.520. The van der Waals surface area contributed by atoms with E-state index >= 15 is 0 Å². The van der Waals surface area contributed by atoms with Crippen LogP contribution in [0.25, 0.3) is 0 Å². The Labute approximate surface area is 114 Å². The summed E-state index contributed by atoms with van der Waals surface area (Å²) in [6.07, 6.45) is 3.92. The minimum atomic E-state index is -0.373. The molecule has 3 aliphatic rings. The number of likely N-dealkylation sites (tertiary alicyclic amines) is 2. The number of piperidine rings is 1. The number of carbonyl (C=O) groups is 1. The molecule has 0 N–H and O–H groups in total. The molecule has 104 valence electrons. The summed E-state index contributed by atoms with van der Waals surface area (Å²) in [6, 6.07) is 0.204. The third-order valence-electron chi connectivity index (χ3n) is 3.99. The molecule has 0 radical (unpaired) electrons. The predicted octanol–water partition coefficient (Wildman–Crippen LogP) is 1.46. The quantitative estimate of drug-likeness (QED) is 0.673. The Morgan fingerprint density at radius 2 is 1.39 bits per heavy atom. The zero-order valence-electron chi connectivity index (χ0n) is 10.6. The zero-order chi connectivity index (χ0) is 11.7. The number of carbonyl (C=O) groups excluding carboxylic acids is 1. The van der Waals surface area contributed by atoms with E-state index in [0.29, 0.717) is 13.2 Å². The zero-order valence-corrected chi connectivity index (χ0v) is 11.4. The molecular formula is C12H21ClN2O3. The number of urea groups is 1. The second-order valence-corrected chi connectivity index (χ2v) is 5.07. The molecule has 0 aromatic rings. The van der Waals surface area contributed by atoms with Crippen LogP contribution in [0, 0.1) is 0 Å². The molecule has 3 heterocycles. The molecular weight excluding hydrogens is 256 g/mol. The highest BCUT2D eigenvalue weighted by Gasteiger charge is 2.41. The summed E-state index contributed by atoms with van der Waals surface area (Å²) in [5, 5.41) is 0. The minimum absolute atomic E-state index is 0. The van der Waals surface area contributed by atoms with E-state index in [2.05, 4.69) is 0 Å².